The smallest absolute Gasteiger partial charge is 0.430 e. The first-order chi connectivity index (χ1) is 16.5. The van der Waals surface area contributed by atoms with Crippen LogP contribution in [0.1, 0.15) is 68.1 Å². The second-order valence-electron chi connectivity index (χ2n) is 8.87. The Hall–Kier alpha value is -2.69. The minimum atomic E-state index is -5.73. The number of aryl methyl sites for hydroxylation is 1. The van der Waals surface area contributed by atoms with Crippen LogP contribution in [0.5, 0.6) is 5.75 Å². The van der Waals surface area contributed by atoms with Crippen molar-refractivity contribution in [2.24, 2.45) is 5.92 Å². The predicted octanol–water partition coefficient (Wildman–Crippen LogP) is 8.37. The summed E-state index contributed by atoms with van der Waals surface area (Å²) in [5, 5.41) is 0. The number of alkyl halides is 6. The van der Waals surface area contributed by atoms with Crippen molar-refractivity contribution >= 4 is 0 Å². The topological polar surface area (TPSA) is 9.23 Å². The van der Waals surface area contributed by atoms with Crippen LogP contribution in [0.15, 0.2) is 42.5 Å². The Balaban J connectivity index is 1.54. The van der Waals surface area contributed by atoms with Crippen LogP contribution in [-0.4, -0.2) is 18.5 Å². The fourth-order valence-corrected chi connectivity index (χ4v) is 4.15. The summed E-state index contributed by atoms with van der Waals surface area (Å²) in [7, 11) is 0. The molecule has 0 aliphatic heterocycles. The van der Waals surface area contributed by atoms with Gasteiger partial charge < -0.3 is 4.74 Å². The normalized spacial score (nSPS) is 19.5. The van der Waals surface area contributed by atoms with Gasteiger partial charge in [0.2, 0.25) is 0 Å². The molecule has 1 nitrogen and oxygen atoms in total. The SMILES string of the molecule is CCCCc1ccc(C#CC2CCC(c3ccc(OC(F)(F)C(F)C(F)(F)F)cc3)CC2)c(F)c1. The molecule has 1 aliphatic rings. The third-order valence-corrected chi connectivity index (χ3v) is 6.18. The van der Waals surface area contributed by atoms with Gasteiger partial charge in [0.1, 0.15) is 11.6 Å². The second-order valence-corrected chi connectivity index (χ2v) is 8.87. The number of halogens is 7. The van der Waals surface area contributed by atoms with E-state index in [9.17, 15) is 30.7 Å². The van der Waals surface area contributed by atoms with Gasteiger partial charge in [-0.3, -0.25) is 0 Å². The van der Waals surface area contributed by atoms with E-state index in [2.05, 4.69) is 23.5 Å². The third kappa shape index (κ3) is 7.39. The predicted molar refractivity (Wildman–Crippen MR) is 120 cm³/mol. The Labute approximate surface area is 200 Å². The van der Waals surface area contributed by atoms with Crippen LogP contribution in [0, 0.1) is 23.6 Å². The molecule has 2 aromatic carbocycles. The number of hydrogen-bond acceptors (Lipinski definition) is 1. The number of benzene rings is 2. The molecular formula is C27H27F7O. The largest absolute Gasteiger partial charge is 0.439 e. The Morgan fingerprint density at radius 3 is 2.20 bits per heavy atom. The zero-order valence-electron chi connectivity index (χ0n) is 19.3. The third-order valence-electron chi connectivity index (χ3n) is 6.18. The van der Waals surface area contributed by atoms with Gasteiger partial charge in [-0.15, -0.1) is 0 Å². The molecule has 2 aromatic rings. The van der Waals surface area contributed by atoms with Crippen molar-refractivity contribution in [3.8, 4) is 17.6 Å². The van der Waals surface area contributed by atoms with Gasteiger partial charge >= 0.3 is 12.3 Å². The monoisotopic (exact) mass is 500 g/mol. The van der Waals surface area contributed by atoms with Crippen LogP contribution < -0.4 is 4.74 Å². The van der Waals surface area contributed by atoms with Crippen molar-refractivity contribution in [2.75, 3.05) is 0 Å². The van der Waals surface area contributed by atoms with E-state index < -0.39 is 24.2 Å². The summed E-state index contributed by atoms with van der Waals surface area (Å²) in [5.41, 5.74) is 2.16. The highest BCUT2D eigenvalue weighted by Gasteiger charge is 2.59. The van der Waals surface area contributed by atoms with Gasteiger partial charge in [-0.05, 0) is 79.8 Å². The van der Waals surface area contributed by atoms with Crippen LogP contribution in [0.3, 0.4) is 0 Å². The molecule has 1 atom stereocenters. The molecule has 1 aliphatic carbocycles. The zero-order chi connectivity index (χ0) is 25.6. The fraction of sp³-hybridized carbons (Fsp3) is 0.481. The molecule has 1 fully saturated rings. The van der Waals surface area contributed by atoms with Crippen molar-refractivity contribution in [3.05, 3.63) is 65.0 Å². The van der Waals surface area contributed by atoms with Gasteiger partial charge in [0.05, 0.1) is 5.56 Å². The highest BCUT2D eigenvalue weighted by Crippen LogP contribution is 2.38. The van der Waals surface area contributed by atoms with Gasteiger partial charge in [0.25, 0.3) is 6.17 Å². The fourth-order valence-electron chi connectivity index (χ4n) is 4.15. The minimum absolute atomic E-state index is 0.107. The molecule has 0 heterocycles. The molecule has 0 radical (unpaired) electrons. The summed E-state index contributed by atoms with van der Waals surface area (Å²) in [6.07, 6.45) is -9.18. The number of ether oxygens (including phenoxy) is 1. The van der Waals surface area contributed by atoms with Gasteiger partial charge in [0, 0.05) is 5.92 Å². The maximum Gasteiger partial charge on any atom is 0.439 e. The average Bonchev–Trinajstić information content (AvgIpc) is 2.81. The van der Waals surface area contributed by atoms with Gasteiger partial charge in [-0.2, -0.15) is 22.0 Å². The first kappa shape index (κ1) is 26.9. The van der Waals surface area contributed by atoms with Crippen molar-refractivity contribution < 1.29 is 35.5 Å². The van der Waals surface area contributed by atoms with Crippen LogP contribution in [-0.2, 0) is 6.42 Å². The first-order valence-corrected chi connectivity index (χ1v) is 11.7. The van der Waals surface area contributed by atoms with E-state index in [1.54, 1.807) is 6.07 Å². The Kier molecular flexibility index (Phi) is 8.74. The summed E-state index contributed by atoms with van der Waals surface area (Å²) >= 11 is 0. The molecule has 0 aromatic heterocycles. The summed E-state index contributed by atoms with van der Waals surface area (Å²) in [4.78, 5) is 0. The summed E-state index contributed by atoms with van der Waals surface area (Å²) in [6, 6.07) is 10.4. The average molecular weight is 500 g/mol. The number of hydrogen-bond donors (Lipinski definition) is 0. The Morgan fingerprint density at radius 1 is 0.971 bits per heavy atom. The lowest BCUT2D eigenvalue weighted by molar-refractivity contribution is -0.304. The molecule has 0 amide bonds. The molecule has 8 heteroatoms. The summed E-state index contributed by atoms with van der Waals surface area (Å²) in [6.45, 7) is 2.08. The first-order valence-electron chi connectivity index (χ1n) is 11.7. The molecule has 35 heavy (non-hydrogen) atoms. The van der Waals surface area contributed by atoms with Crippen molar-refractivity contribution in [2.45, 2.75) is 76.2 Å². The van der Waals surface area contributed by atoms with Gasteiger partial charge in [-0.25, -0.2) is 8.78 Å². The van der Waals surface area contributed by atoms with E-state index in [-0.39, 0.29) is 17.7 Å². The van der Waals surface area contributed by atoms with E-state index in [1.807, 2.05) is 6.07 Å². The van der Waals surface area contributed by atoms with E-state index in [0.717, 1.165) is 68.2 Å². The van der Waals surface area contributed by atoms with Crippen LogP contribution in [0.25, 0.3) is 0 Å². The van der Waals surface area contributed by atoms with Crippen molar-refractivity contribution in [1.82, 2.24) is 0 Å². The summed E-state index contributed by atoms with van der Waals surface area (Å²) < 4.78 is 94.9. The molecule has 1 unspecified atom stereocenters. The molecule has 3 rings (SSSR count). The van der Waals surface area contributed by atoms with Gasteiger partial charge in [-0.1, -0.05) is 43.4 Å². The highest BCUT2D eigenvalue weighted by atomic mass is 19.4. The molecule has 0 bridgehead atoms. The molecule has 190 valence electrons. The number of rotatable bonds is 7. The van der Waals surface area contributed by atoms with E-state index in [4.69, 9.17) is 0 Å². The van der Waals surface area contributed by atoms with E-state index in [0.29, 0.717) is 5.56 Å². The minimum Gasteiger partial charge on any atom is -0.430 e. The van der Waals surface area contributed by atoms with Crippen molar-refractivity contribution in [3.63, 3.8) is 0 Å². The molecule has 0 saturated heterocycles. The molecule has 1 saturated carbocycles. The second kappa shape index (κ2) is 11.4. The Morgan fingerprint density at radius 2 is 1.63 bits per heavy atom. The van der Waals surface area contributed by atoms with Crippen LogP contribution in [0.4, 0.5) is 30.7 Å². The molecule has 0 N–H and O–H groups in total. The lowest BCUT2D eigenvalue weighted by atomic mass is 9.79. The van der Waals surface area contributed by atoms with Crippen molar-refractivity contribution in [1.29, 1.82) is 0 Å². The van der Waals surface area contributed by atoms with Crippen LogP contribution in [0.2, 0.25) is 0 Å². The van der Waals surface area contributed by atoms with E-state index in [1.165, 1.54) is 18.2 Å². The van der Waals surface area contributed by atoms with E-state index >= 15 is 0 Å². The molecular weight excluding hydrogens is 473 g/mol. The summed E-state index contributed by atoms with van der Waals surface area (Å²) in [5.74, 6) is 5.46. The maximum absolute atomic E-state index is 14.3. The lowest BCUT2D eigenvalue weighted by Crippen LogP contribution is -2.45. The Bertz CT molecular complexity index is 1030. The standard InChI is InChI=1S/C27H27F7O/c1-2-3-4-19-8-12-22(24(28)17-19)11-7-18-5-9-20(10-6-18)21-13-15-23(16-14-21)35-27(33,34)25(29)26(30,31)32/h8,12-18,20,25H,2-6,9-10H2,1H3. The quantitative estimate of drug-likeness (QED) is 0.274. The maximum atomic E-state index is 14.3. The molecule has 0 spiro atoms. The zero-order valence-corrected chi connectivity index (χ0v) is 19.3. The number of unbranched alkanes of at least 4 members (excludes halogenated alkanes) is 1. The van der Waals surface area contributed by atoms with Crippen LogP contribution >= 0.6 is 0 Å². The lowest BCUT2D eigenvalue weighted by Gasteiger charge is -2.26. The van der Waals surface area contributed by atoms with Gasteiger partial charge in [0.15, 0.2) is 0 Å². The highest BCUT2D eigenvalue weighted by molar-refractivity contribution is 5.38.